The van der Waals surface area contributed by atoms with E-state index in [1.54, 1.807) is 12.1 Å². The molecule has 2 aromatic rings. The maximum Gasteiger partial charge on any atom is 0.184 e. The van der Waals surface area contributed by atoms with Gasteiger partial charge in [0.1, 0.15) is 18.2 Å². The molecule has 2 aromatic carbocycles. The fourth-order valence-corrected chi connectivity index (χ4v) is 2.02. The van der Waals surface area contributed by atoms with Gasteiger partial charge < -0.3 is 14.2 Å². The summed E-state index contributed by atoms with van der Waals surface area (Å²) in [6, 6.07) is 13.9. The summed E-state index contributed by atoms with van der Waals surface area (Å²) >= 11 is 0. The molecule has 0 aliphatic carbocycles. The summed E-state index contributed by atoms with van der Waals surface area (Å²) in [5.41, 5.74) is 1.91. The third kappa shape index (κ3) is 3.15. The molecular formula is C16H15FO3. The van der Waals surface area contributed by atoms with Crippen LogP contribution in [0.2, 0.25) is 0 Å². The molecule has 0 unspecified atom stereocenters. The summed E-state index contributed by atoms with van der Waals surface area (Å²) in [6.07, 6.45) is -0.263. The first-order valence-corrected chi connectivity index (χ1v) is 6.52. The summed E-state index contributed by atoms with van der Waals surface area (Å²) in [4.78, 5) is 0. The molecule has 0 N–H and O–H groups in total. The SMILES string of the molecule is Fc1ccc(COc2ccc(C3OCCO3)cc2)cc1. The van der Waals surface area contributed by atoms with E-state index in [0.29, 0.717) is 19.8 Å². The lowest BCUT2D eigenvalue weighted by Gasteiger charge is -2.11. The molecule has 20 heavy (non-hydrogen) atoms. The minimum absolute atomic E-state index is 0.241. The molecule has 1 heterocycles. The Morgan fingerprint density at radius 3 is 2.25 bits per heavy atom. The van der Waals surface area contributed by atoms with E-state index in [1.165, 1.54) is 12.1 Å². The van der Waals surface area contributed by atoms with Crippen molar-refractivity contribution in [3.8, 4) is 5.75 Å². The Balaban J connectivity index is 1.59. The Bertz CT molecular complexity index is 545. The van der Waals surface area contributed by atoms with E-state index in [0.717, 1.165) is 16.9 Å². The average molecular weight is 274 g/mol. The molecule has 4 heteroatoms. The van der Waals surface area contributed by atoms with Crippen LogP contribution in [0.4, 0.5) is 4.39 Å². The van der Waals surface area contributed by atoms with E-state index in [4.69, 9.17) is 14.2 Å². The van der Waals surface area contributed by atoms with E-state index in [9.17, 15) is 4.39 Å². The Morgan fingerprint density at radius 2 is 1.60 bits per heavy atom. The predicted octanol–water partition coefficient (Wildman–Crippen LogP) is 3.45. The van der Waals surface area contributed by atoms with Crippen LogP contribution in [0.5, 0.6) is 5.75 Å². The Kier molecular flexibility index (Phi) is 3.95. The number of hydrogen-bond acceptors (Lipinski definition) is 3. The maximum atomic E-state index is 12.8. The summed E-state index contributed by atoms with van der Waals surface area (Å²) in [6.45, 7) is 1.68. The Hall–Kier alpha value is -1.91. The second-order valence-electron chi connectivity index (χ2n) is 4.56. The summed E-state index contributed by atoms with van der Waals surface area (Å²) < 4.78 is 29.3. The van der Waals surface area contributed by atoms with Gasteiger partial charge in [0.15, 0.2) is 6.29 Å². The molecule has 1 aliphatic rings. The largest absolute Gasteiger partial charge is 0.489 e. The van der Waals surface area contributed by atoms with Gasteiger partial charge in [-0.3, -0.25) is 0 Å². The first-order chi connectivity index (χ1) is 9.81. The standard InChI is InChI=1S/C16H15FO3/c17-14-5-1-12(2-6-14)11-20-15-7-3-13(4-8-15)16-18-9-10-19-16/h1-8,16H,9-11H2. The van der Waals surface area contributed by atoms with Crippen LogP contribution < -0.4 is 4.74 Å². The zero-order valence-electron chi connectivity index (χ0n) is 10.9. The molecule has 1 aliphatic heterocycles. The van der Waals surface area contributed by atoms with E-state index in [-0.39, 0.29) is 12.1 Å². The first-order valence-electron chi connectivity index (χ1n) is 6.52. The van der Waals surface area contributed by atoms with Crippen molar-refractivity contribution in [2.24, 2.45) is 0 Å². The van der Waals surface area contributed by atoms with Crippen molar-refractivity contribution < 1.29 is 18.6 Å². The van der Waals surface area contributed by atoms with Crippen LogP contribution in [0.1, 0.15) is 17.4 Å². The fourth-order valence-electron chi connectivity index (χ4n) is 2.02. The van der Waals surface area contributed by atoms with Crippen LogP contribution in [-0.4, -0.2) is 13.2 Å². The number of ether oxygens (including phenoxy) is 3. The highest BCUT2D eigenvalue weighted by Gasteiger charge is 2.17. The Morgan fingerprint density at radius 1 is 0.950 bits per heavy atom. The summed E-state index contributed by atoms with van der Waals surface area (Å²) in [5.74, 6) is 0.519. The normalized spacial score (nSPS) is 15.4. The third-order valence-corrected chi connectivity index (χ3v) is 3.09. The van der Waals surface area contributed by atoms with Gasteiger partial charge in [-0.1, -0.05) is 24.3 Å². The molecule has 0 bridgehead atoms. The highest BCUT2D eigenvalue weighted by molar-refractivity contribution is 5.28. The predicted molar refractivity (Wildman–Crippen MR) is 71.8 cm³/mol. The molecular weight excluding hydrogens is 259 g/mol. The first kappa shape index (κ1) is 13.1. The van der Waals surface area contributed by atoms with Crippen molar-refractivity contribution in [2.45, 2.75) is 12.9 Å². The van der Waals surface area contributed by atoms with E-state index in [2.05, 4.69) is 0 Å². The van der Waals surface area contributed by atoms with Crippen molar-refractivity contribution in [1.82, 2.24) is 0 Å². The zero-order valence-corrected chi connectivity index (χ0v) is 10.9. The quantitative estimate of drug-likeness (QED) is 0.854. The molecule has 104 valence electrons. The van der Waals surface area contributed by atoms with E-state index < -0.39 is 0 Å². The topological polar surface area (TPSA) is 27.7 Å². The van der Waals surface area contributed by atoms with Crippen molar-refractivity contribution in [3.63, 3.8) is 0 Å². The minimum atomic E-state index is -0.263. The monoisotopic (exact) mass is 274 g/mol. The molecule has 0 amide bonds. The van der Waals surface area contributed by atoms with Gasteiger partial charge in [0.2, 0.25) is 0 Å². The van der Waals surface area contributed by atoms with Gasteiger partial charge in [0, 0.05) is 5.56 Å². The minimum Gasteiger partial charge on any atom is -0.489 e. The molecule has 0 aromatic heterocycles. The molecule has 0 atom stereocenters. The van der Waals surface area contributed by atoms with Crippen molar-refractivity contribution >= 4 is 0 Å². The number of rotatable bonds is 4. The van der Waals surface area contributed by atoms with Crippen molar-refractivity contribution in [2.75, 3.05) is 13.2 Å². The molecule has 1 fully saturated rings. The van der Waals surface area contributed by atoms with E-state index >= 15 is 0 Å². The molecule has 3 rings (SSSR count). The number of halogens is 1. The summed E-state index contributed by atoms with van der Waals surface area (Å²) in [5, 5.41) is 0. The lowest BCUT2D eigenvalue weighted by atomic mass is 10.2. The lowest BCUT2D eigenvalue weighted by molar-refractivity contribution is -0.0441. The number of hydrogen-bond donors (Lipinski definition) is 0. The van der Waals surface area contributed by atoms with Gasteiger partial charge in [-0.2, -0.15) is 0 Å². The van der Waals surface area contributed by atoms with Crippen LogP contribution in [-0.2, 0) is 16.1 Å². The van der Waals surface area contributed by atoms with Gasteiger partial charge in [-0.15, -0.1) is 0 Å². The number of benzene rings is 2. The van der Waals surface area contributed by atoms with Gasteiger partial charge in [0.05, 0.1) is 13.2 Å². The average Bonchev–Trinajstić information content (AvgIpc) is 3.01. The second-order valence-corrected chi connectivity index (χ2v) is 4.56. The Labute approximate surface area is 116 Å². The van der Waals surface area contributed by atoms with Crippen molar-refractivity contribution in [3.05, 3.63) is 65.5 Å². The van der Waals surface area contributed by atoms with Crippen LogP contribution in [0.25, 0.3) is 0 Å². The van der Waals surface area contributed by atoms with Gasteiger partial charge >= 0.3 is 0 Å². The highest BCUT2D eigenvalue weighted by atomic mass is 19.1. The maximum absolute atomic E-state index is 12.8. The van der Waals surface area contributed by atoms with Crippen LogP contribution in [0.3, 0.4) is 0 Å². The second kappa shape index (κ2) is 6.03. The molecule has 3 nitrogen and oxygen atoms in total. The van der Waals surface area contributed by atoms with Gasteiger partial charge in [-0.05, 0) is 29.8 Å². The van der Waals surface area contributed by atoms with Gasteiger partial charge in [-0.25, -0.2) is 4.39 Å². The third-order valence-electron chi connectivity index (χ3n) is 3.09. The van der Waals surface area contributed by atoms with Gasteiger partial charge in [0.25, 0.3) is 0 Å². The molecule has 0 radical (unpaired) electrons. The fraction of sp³-hybridized carbons (Fsp3) is 0.250. The van der Waals surface area contributed by atoms with Crippen LogP contribution in [0.15, 0.2) is 48.5 Å². The van der Waals surface area contributed by atoms with Crippen LogP contribution in [0, 0.1) is 5.82 Å². The summed E-state index contributed by atoms with van der Waals surface area (Å²) in [7, 11) is 0. The molecule has 0 saturated carbocycles. The van der Waals surface area contributed by atoms with Crippen LogP contribution >= 0.6 is 0 Å². The molecule has 1 saturated heterocycles. The van der Waals surface area contributed by atoms with E-state index in [1.807, 2.05) is 24.3 Å². The highest BCUT2D eigenvalue weighted by Crippen LogP contribution is 2.25. The zero-order chi connectivity index (χ0) is 13.8. The molecule has 0 spiro atoms. The van der Waals surface area contributed by atoms with Crippen molar-refractivity contribution in [1.29, 1.82) is 0 Å². The smallest absolute Gasteiger partial charge is 0.184 e. The lowest BCUT2D eigenvalue weighted by Crippen LogP contribution is -1.99.